The Balaban J connectivity index is 3.57. The standard InChI is InChI=1S/C12H27NO/c1-6-11(5)14-12(7-2)9-13-8-10(3)4/h10-13H,6-9H2,1-5H3. The molecule has 0 aliphatic heterocycles. The van der Waals surface area contributed by atoms with E-state index in [1.54, 1.807) is 0 Å². The van der Waals surface area contributed by atoms with Crippen LogP contribution >= 0.6 is 0 Å². The highest BCUT2D eigenvalue weighted by molar-refractivity contribution is 4.62. The highest BCUT2D eigenvalue weighted by Gasteiger charge is 2.09. The second kappa shape index (κ2) is 8.25. The predicted molar refractivity (Wildman–Crippen MR) is 62.6 cm³/mol. The zero-order valence-electron chi connectivity index (χ0n) is 10.5. The number of nitrogens with one attached hydrogen (secondary N) is 1. The van der Waals surface area contributed by atoms with Crippen LogP contribution in [0.3, 0.4) is 0 Å². The van der Waals surface area contributed by atoms with E-state index >= 15 is 0 Å². The molecule has 0 fully saturated rings. The fourth-order valence-corrected chi connectivity index (χ4v) is 1.25. The highest BCUT2D eigenvalue weighted by atomic mass is 16.5. The van der Waals surface area contributed by atoms with Crippen molar-refractivity contribution >= 4 is 0 Å². The summed E-state index contributed by atoms with van der Waals surface area (Å²) in [4.78, 5) is 0. The van der Waals surface area contributed by atoms with Crippen molar-refractivity contribution in [2.75, 3.05) is 13.1 Å². The van der Waals surface area contributed by atoms with Crippen molar-refractivity contribution in [2.45, 2.75) is 59.7 Å². The van der Waals surface area contributed by atoms with Crippen LogP contribution in [0.25, 0.3) is 0 Å². The van der Waals surface area contributed by atoms with Gasteiger partial charge in [-0.15, -0.1) is 0 Å². The fraction of sp³-hybridized carbons (Fsp3) is 1.00. The molecule has 0 aromatic carbocycles. The quantitative estimate of drug-likeness (QED) is 0.652. The van der Waals surface area contributed by atoms with Crippen molar-refractivity contribution in [3.63, 3.8) is 0 Å². The third-order valence-corrected chi connectivity index (χ3v) is 2.38. The first-order chi connectivity index (χ1) is 6.60. The molecule has 2 heteroatoms. The van der Waals surface area contributed by atoms with Crippen molar-refractivity contribution in [2.24, 2.45) is 5.92 Å². The van der Waals surface area contributed by atoms with Crippen LogP contribution in [0.15, 0.2) is 0 Å². The van der Waals surface area contributed by atoms with Gasteiger partial charge in [-0.2, -0.15) is 0 Å². The lowest BCUT2D eigenvalue weighted by Gasteiger charge is -2.21. The summed E-state index contributed by atoms with van der Waals surface area (Å²) in [7, 11) is 0. The van der Waals surface area contributed by atoms with Gasteiger partial charge in [-0.25, -0.2) is 0 Å². The van der Waals surface area contributed by atoms with Gasteiger partial charge in [0.1, 0.15) is 0 Å². The van der Waals surface area contributed by atoms with Gasteiger partial charge in [0.15, 0.2) is 0 Å². The molecule has 0 aliphatic rings. The van der Waals surface area contributed by atoms with E-state index in [0.29, 0.717) is 12.2 Å². The Labute approximate surface area is 89.4 Å². The molecule has 2 nitrogen and oxygen atoms in total. The van der Waals surface area contributed by atoms with Crippen LogP contribution in [0, 0.1) is 5.92 Å². The van der Waals surface area contributed by atoms with Crippen LogP contribution < -0.4 is 5.32 Å². The van der Waals surface area contributed by atoms with Gasteiger partial charge >= 0.3 is 0 Å². The van der Waals surface area contributed by atoms with Gasteiger partial charge < -0.3 is 10.1 Å². The van der Waals surface area contributed by atoms with E-state index in [1.807, 2.05) is 0 Å². The van der Waals surface area contributed by atoms with Gasteiger partial charge in [-0.1, -0.05) is 27.7 Å². The number of hydrogen-bond acceptors (Lipinski definition) is 2. The lowest BCUT2D eigenvalue weighted by Crippen LogP contribution is -2.33. The minimum Gasteiger partial charge on any atom is -0.374 e. The van der Waals surface area contributed by atoms with Gasteiger partial charge in [-0.3, -0.25) is 0 Å². The molecule has 0 aromatic heterocycles. The Hall–Kier alpha value is -0.0800. The maximum atomic E-state index is 5.87. The van der Waals surface area contributed by atoms with Crippen LogP contribution in [0.1, 0.15) is 47.5 Å². The summed E-state index contributed by atoms with van der Waals surface area (Å²) >= 11 is 0. The van der Waals surface area contributed by atoms with Crippen molar-refractivity contribution in [1.82, 2.24) is 5.32 Å². The van der Waals surface area contributed by atoms with E-state index in [2.05, 4.69) is 39.9 Å². The first-order valence-electron chi connectivity index (χ1n) is 5.96. The molecule has 1 N–H and O–H groups in total. The van der Waals surface area contributed by atoms with E-state index in [0.717, 1.165) is 31.8 Å². The molecular formula is C12H27NO. The summed E-state index contributed by atoms with van der Waals surface area (Å²) in [5, 5.41) is 3.44. The topological polar surface area (TPSA) is 21.3 Å². The van der Waals surface area contributed by atoms with Gasteiger partial charge in [0, 0.05) is 6.54 Å². The summed E-state index contributed by atoms with van der Waals surface area (Å²) in [6, 6.07) is 0. The molecule has 14 heavy (non-hydrogen) atoms. The molecule has 0 aromatic rings. The third-order valence-electron chi connectivity index (χ3n) is 2.38. The van der Waals surface area contributed by atoms with Crippen molar-refractivity contribution in [1.29, 1.82) is 0 Å². The Kier molecular flexibility index (Phi) is 8.20. The van der Waals surface area contributed by atoms with E-state index in [4.69, 9.17) is 4.74 Å². The second-order valence-corrected chi connectivity index (χ2v) is 4.44. The number of rotatable bonds is 8. The molecule has 0 heterocycles. The van der Waals surface area contributed by atoms with Crippen LogP contribution in [0.2, 0.25) is 0 Å². The SMILES string of the molecule is CCC(C)OC(CC)CNCC(C)C. The largest absolute Gasteiger partial charge is 0.374 e. The molecule has 0 rings (SSSR count). The lowest BCUT2D eigenvalue weighted by molar-refractivity contribution is -0.00486. The molecule has 86 valence electrons. The highest BCUT2D eigenvalue weighted by Crippen LogP contribution is 2.04. The van der Waals surface area contributed by atoms with Gasteiger partial charge in [0.2, 0.25) is 0 Å². The van der Waals surface area contributed by atoms with E-state index in [9.17, 15) is 0 Å². The predicted octanol–water partition coefficient (Wildman–Crippen LogP) is 2.83. The van der Waals surface area contributed by atoms with Crippen LogP contribution in [-0.4, -0.2) is 25.3 Å². The molecule has 0 aliphatic carbocycles. The molecule has 0 radical (unpaired) electrons. The zero-order chi connectivity index (χ0) is 11.0. The minimum atomic E-state index is 0.378. The molecule has 0 saturated carbocycles. The summed E-state index contributed by atoms with van der Waals surface area (Å²) < 4.78 is 5.87. The molecule has 0 bridgehead atoms. The first-order valence-corrected chi connectivity index (χ1v) is 5.96. The summed E-state index contributed by atoms with van der Waals surface area (Å²) in [5.41, 5.74) is 0. The summed E-state index contributed by atoms with van der Waals surface area (Å²) in [6.07, 6.45) is 2.96. The Morgan fingerprint density at radius 3 is 2.07 bits per heavy atom. The van der Waals surface area contributed by atoms with Gasteiger partial charge in [0.25, 0.3) is 0 Å². The first kappa shape index (κ1) is 13.9. The second-order valence-electron chi connectivity index (χ2n) is 4.44. The molecular weight excluding hydrogens is 174 g/mol. The lowest BCUT2D eigenvalue weighted by atomic mass is 10.2. The normalized spacial score (nSPS) is 15.9. The fourth-order valence-electron chi connectivity index (χ4n) is 1.25. The minimum absolute atomic E-state index is 0.378. The van der Waals surface area contributed by atoms with Crippen molar-refractivity contribution in [3.05, 3.63) is 0 Å². The maximum absolute atomic E-state index is 5.87. The van der Waals surface area contributed by atoms with Gasteiger partial charge in [-0.05, 0) is 32.2 Å². The third kappa shape index (κ3) is 7.34. The molecule has 2 atom stereocenters. The summed E-state index contributed by atoms with van der Waals surface area (Å²) in [5.74, 6) is 0.719. The smallest absolute Gasteiger partial charge is 0.0700 e. The Morgan fingerprint density at radius 1 is 1.00 bits per heavy atom. The van der Waals surface area contributed by atoms with Crippen molar-refractivity contribution in [3.8, 4) is 0 Å². The number of hydrogen-bond donors (Lipinski definition) is 1. The number of ether oxygens (including phenoxy) is 1. The maximum Gasteiger partial charge on any atom is 0.0700 e. The summed E-state index contributed by atoms with van der Waals surface area (Å²) in [6.45, 7) is 13.0. The van der Waals surface area contributed by atoms with E-state index in [1.165, 1.54) is 0 Å². The average molecular weight is 201 g/mol. The van der Waals surface area contributed by atoms with Crippen LogP contribution in [0.4, 0.5) is 0 Å². The van der Waals surface area contributed by atoms with Crippen LogP contribution in [0.5, 0.6) is 0 Å². The van der Waals surface area contributed by atoms with E-state index in [-0.39, 0.29) is 0 Å². The molecule has 0 spiro atoms. The average Bonchev–Trinajstić information content (AvgIpc) is 2.15. The molecule has 0 saturated heterocycles. The monoisotopic (exact) mass is 201 g/mol. The zero-order valence-corrected chi connectivity index (χ0v) is 10.5. The Morgan fingerprint density at radius 2 is 1.64 bits per heavy atom. The van der Waals surface area contributed by atoms with E-state index < -0.39 is 0 Å². The van der Waals surface area contributed by atoms with Crippen molar-refractivity contribution < 1.29 is 4.74 Å². The molecule has 0 amide bonds. The molecule has 2 unspecified atom stereocenters. The van der Waals surface area contributed by atoms with Crippen LogP contribution in [-0.2, 0) is 4.74 Å². The Bertz CT molecular complexity index is 125. The van der Waals surface area contributed by atoms with Gasteiger partial charge in [0.05, 0.1) is 12.2 Å².